The van der Waals surface area contributed by atoms with Crippen molar-refractivity contribution in [3.8, 4) is 0 Å². The maximum absolute atomic E-state index is 14.2. The highest BCUT2D eigenvalue weighted by atomic mass is 19.4. The Kier molecular flexibility index (Phi) is 10.5. The first-order valence-corrected chi connectivity index (χ1v) is 12.2. The summed E-state index contributed by atoms with van der Waals surface area (Å²) in [4.78, 5) is 40.2. The van der Waals surface area contributed by atoms with E-state index in [0.717, 1.165) is 38.1 Å². The number of hydrogen-bond acceptors (Lipinski definition) is 5. The lowest BCUT2D eigenvalue weighted by molar-refractivity contribution is -0.137. The molecule has 1 aliphatic rings. The van der Waals surface area contributed by atoms with E-state index in [1.165, 1.54) is 13.8 Å². The molecule has 1 amide bonds. The van der Waals surface area contributed by atoms with Gasteiger partial charge in [-0.05, 0) is 83.9 Å². The number of benzene rings is 1. The number of likely N-dealkylation sites (tertiary alicyclic amines) is 1. The van der Waals surface area contributed by atoms with Crippen LogP contribution in [0.5, 0.6) is 0 Å². The van der Waals surface area contributed by atoms with Crippen molar-refractivity contribution in [1.82, 2.24) is 15.2 Å². The Hall–Kier alpha value is -3.41. The van der Waals surface area contributed by atoms with Gasteiger partial charge in [-0.3, -0.25) is 14.4 Å². The zero-order valence-electron chi connectivity index (χ0n) is 22.1. The number of rotatable bonds is 6. The molecule has 1 fully saturated rings. The van der Waals surface area contributed by atoms with Gasteiger partial charge in [0.05, 0.1) is 11.3 Å². The maximum Gasteiger partial charge on any atom is 0.416 e. The van der Waals surface area contributed by atoms with Gasteiger partial charge in [0.25, 0.3) is 17.9 Å². The molecule has 1 aliphatic heterocycles. The van der Waals surface area contributed by atoms with Crippen LogP contribution in [0, 0.1) is 26.6 Å². The molecule has 8 nitrogen and oxygen atoms in total. The second-order valence-electron chi connectivity index (χ2n) is 9.27. The van der Waals surface area contributed by atoms with E-state index in [2.05, 4.69) is 15.2 Å². The van der Waals surface area contributed by atoms with Gasteiger partial charge in [-0.25, -0.2) is 4.39 Å². The van der Waals surface area contributed by atoms with Crippen LogP contribution >= 0.6 is 0 Å². The van der Waals surface area contributed by atoms with Crippen LogP contribution in [0.25, 0.3) is 0 Å². The summed E-state index contributed by atoms with van der Waals surface area (Å²) in [7, 11) is 2.01. The van der Waals surface area contributed by atoms with E-state index >= 15 is 0 Å². The van der Waals surface area contributed by atoms with Crippen molar-refractivity contribution < 1.29 is 32.3 Å². The van der Waals surface area contributed by atoms with E-state index in [-0.39, 0.29) is 41.4 Å². The quantitative estimate of drug-likeness (QED) is 0.376. The van der Waals surface area contributed by atoms with Crippen LogP contribution in [0.3, 0.4) is 0 Å². The standard InChI is InChI=1S/C25H32F4N4O2.CH2O2/c1-6-33(18-7-9-32(5)10-8-18)21-12-17(25(27,28)29)11-19(14(21)2)23(34)30-13-20-15(3)22(26)16(4)31-24(20)35;2-1-3/h11-12,18H,6-10,13H2,1-5H3,(H,30,34)(H,31,35);1H,(H,2,3). The summed E-state index contributed by atoms with van der Waals surface area (Å²) in [5.74, 6) is -1.35. The highest BCUT2D eigenvalue weighted by molar-refractivity contribution is 5.97. The van der Waals surface area contributed by atoms with Crippen LogP contribution < -0.4 is 15.8 Å². The van der Waals surface area contributed by atoms with Crippen molar-refractivity contribution in [3.05, 3.63) is 61.8 Å². The third-order valence-electron chi connectivity index (χ3n) is 6.84. The number of amides is 1. The van der Waals surface area contributed by atoms with E-state index in [4.69, 9.17) is 9.90 Å². The topological polar surface area (TPSA) is 106 Å². The molecule has 1 saturated heterocycles. The van der Waals surface area contributed by atoms with Crippen molar-refractivity contribution in [1.29, 1.82) is 0 Å². The van der Waals surface area contributed by atoms with Crippen LogP contribution in [0.4, 0.5) is 23.2 Å². The van der Waals surface area contributed by atoms with Crippen molar-refractivity contribution >= 4 is 18.1 Å². The molecule has 2 aromatic rings. The normalized spacial score (nSPS) is 14.4. The highest BCUT2D eigenvalue weighted by Crippen LogP contribution is 2.37. The Bertz CT molecular complexity index is 1210. The average molecular weight is 543 g/mol. The Morgan fingerprint density at radius 1 is 1.21 bits per heavy atom. The average Bonchev–Trinajstić information content (AvgIpc) is 2.84. The van der Waals surface area contributed by atoms with Crippen LogP contribution in [-0.2, 0) is 17.5 Å². The minimum Gasteiger partial charge on any atom is -0.483 e. The van der Waals surface area contributed by atoms with Gasteiger partial charge in [0, 0.05) is 35.9 Å². The molecule has 3 rings (SSSR count). The van der Waals surface area contributed by atoms with Crippen molar-refractivity contribution in [2.24, 2.45) is 0 Å². The fourth-order valence-electron chi connectivity index (χ4n) is 4.69. The lowest BCUT2D eigenvalue weighted by atomic mass is 9.97. The van der Waals surface area contributed by atoms with Gasteiger partial charge < -0.3 is 25.2 Å². The van der Waals surface area contributed by atoms with Gasteiger partial charge in [0.15, 0.2) is 0 Å². The molecule has 0 saturated carbocycles. The summed E-state index contributed by atoms with van der Waals surface area (Å²) in [5, 5.41) is 9.40. The number of H-pyrrole nitrogens is 1. The largest absolute Gasteiger partial charge is 0.483 e. The Labute approximate surface area is 218 Å². The molecule has 0 unspecified atom stereocenters. The molecule has 0 bridgehead atoms. The first-order valence-electron chi connectivity index (χ1n) is 12.2. The summed E-state index contributed by atoms with van der Waals surface area (Å²) in [5.41, 5.74) is -0.598. The molecule has 38 heavy (non-hydrogen) atoms. The number of nitrogens with zero attached hydrogens (tertiary/aromatic N) is 2. The number of nitrogens with one attached hydrogen (secondary N) is 2. The molecule has 210 valence electrons. The minimum absolute atomic E-state index is 0.0211. The third kappa shape index (κ3) is 7.12. The SMILES string of the molecule is CCN(c1cc(C(F)(F)F)cc(C(=O)NCc2c(C)c(F)c(C)[nH]c2=O)c1C)C1CCN(C)CC1.O=CO. The van der Waals surface area contributed by atoms with Gasteiger partial charge in [-0.15, -0.1) is 0 Å². The summed E-state index contributed by atoms with van der Waals surface area (Å²) in [6, 6.07) is 2.01. The molecule has 0 aliphatic carbocycles. The van der Waals surface area contributed by atoms with Gasteiger partial charge in [0.2, 0.25) is 0 Å². The van der Waals surface area contributed by atoms with E-state index < -0.39 is 29.0 Å². The fraction of sp³-hybridized carbons (Fsp3) is 0.500. The van der Waals surface area contributed by atoms with Crippen LogP contribution in [-0.4, -0.2) is 60.1 Å². The first-order chi connectivity index (χ1) is 17.8. The van der Waals surface area contributed by atoms with E-state index in [1.807, 2.05) is 18.9 Å². The van der Waals surface area contributed by atoms with Crippen molar-refractivity contribution in [2.75, 3.05) is 31.6 Å². The summed E-state index contributed by atoms with van der Waals surface area (Å²) in [6.07, 6.45) is -3.03. The zero-order valence-corrected chi connectivity index (χ0v) is 22.1. The number of hydrogen-bond donors (Lipinski definition) is 3. The zero-order chi connectivity index (χ0) is 28.8. The molecule has 1 aromatic heterocycles. The molecular weight excluding hydrogens is 508 g/mol. The molecule has 12 heteroatoms. The molecule has 1 aromatic carbocycles. The number of carbonyl (C=O) groups excluding carboxylic acids is 1. The smallest absolute Gasteiger partial charge is 0.416 e. The van der Waals surface area contributed by atoms with E-state index in [9.17, 15) is 27.2 Å². The number of pyridine rings is 1. The molecule has 0 atom stereocenters. The fourth-order valence-corrected chi connectivity index (χ4v) is 4.69. The monoisotopic (exact) mass is 542 g/mol. The molecule has 2 heterocycles. The first kappa shape index (κ1) is 30.8. The maximum atomic E-state index is 14.2. The number of carboxylic acid groups (broad SMARTS) is 1. The van der Waals surface area contributed by atoms with Crippen LogP contribution in [0.1, 0.15) is 58.1 Å². The lowest BCUT2D eigenvalue weighted by Gasteiger charge is -2.39. The minimum atomic E-state index is -4.64. The van der Waals surface area contributed by atoms with Crippen LogP contribution in [0.15, 0.2) is 16.9 Å². The molecular formula is C26H34F4N4O4. The molecule has 3 N–H and O–H groups in total. The van der Waals surface area contributed by atoms with Gasteiger partial charge in [-0.2, -0.15) is 13.2 Å². The number of aryl methyl sites for hydroxylation is 1. The molecule has 0 spiro atoms. The Morgan fingerprint density at radius 2 is 1.79 bits per heavy atom. The number of piperidine rings is 1. The van der Waals surface area contributed by atoms with Crippen LogP contribution in [0.2, 0.25) is 0 Å². The summed E-state index contributed by atoms with van der Waals surface area (Å²) in [6.45, 7) is 7.98. The second kappa shape index (κ2) is 12.9. The van der Waals surface area contributed by atoms with Gasteiger partial charge in [0.1, 0.15) is 5.82 Å². The van der Waals surface area contributed by atoms with E-state index in [0.29, 0.717) is 17.8 Å². The number of halogens is 4. The van der Waals surface area contributed by atoms with Crippen molar-refractivity contribution in [2.45, 2.75) is 59.3 Å². The Balaban J connectivity index is 0.00000161. The highest BCUT2D eigenvalue weighted by Gasteiger charge is 2.34. The molecule has 0 radical (unpaired) electrons. The number of alkyl halides is 3. The predicted molar refractivity (Wildman–Crippen MR) is 136 cm³/mol. The summed E-state index contributed by atoms with van der Waals surface area (Å²) < 4.78 is 55.6. The lowest BCUT2D eigenvalue weighted by Crippen LogP contribution is -2.44. The summed E-state index contributed by atoms with van der Waals surface area (Å²) >= 11 is 0. The third-order valence-corrected chi connectivity index (χ3v) is 6.84. The van der Waals surface area contributed by atoms with Gasteiger partial charge >= 0.3 is 6.18 Å². The number of aromatic nitrogens is 1. The number of anilines is 1. The Morgan fingerprint density at radius 3 is 2.32 bits per heavy atom. The van der Waals surface area contributed by atoms with Crippen molar-refractivity contribution in [3.63, 3.8) is 0 Å². The second-order valence-corrected chi connectivity index (χ2v) is 9.27. The predicted octanol–water partition coefficient (Wildman–Crippen LogP) is 4.01. The van der Waals surface area contributed by atoms with Gasteiger partial charge in [-0.1, -0.05) is 0 Å². The number of carbonyl (C=O) groups is 2. The number of aromatic amines is 1. The van der Waals surface area contributed by atoms with E-state index in [1.54, 1.807) is 6.92 Å².